The molecule has 108 valence electrons. The van der Waals surface area contributed by atoms with Crippen molar-refractivity contribution in [2.24, 2.45) is 29.4 Å². The van der Waals surface area contributed by atoms with Crippen molar-refractivity contribution in [3.05, 3.63) is 27.9 Å². The molecular weight excluding hydrogens is 250 g/mol. The standard InChI is InChI=1S/C16H23N3O/c1-8(17)13-7-14(20)19-16(18-13)15-11-3-9-2-10(5-11)6-12(15)4-9/h7-12,15H,2-6,17H2,1H3,(H,18,19,20). The molecule has 0 amide bonds. The SMILES string of the molecule is CC(N)c1cc(=O)[nH]c(C2C3CC4CC(C3)CC2C4)n1. The fourth-order valence-corrected chi connectivity index (χ4v) is 5.26. The first kappa shape index (κ1) is 12.6. The zero-order valence-electron chi connectivity index (χ0n) is 12.0. The normalized spacial score (nSPS) is 40.0. The molecule has 4 heteroatoms. The van der Waals surface area contributed by atoms with Crippen molar-refractivity contribution in [3.8, 4) is 0 Å². The topological polar surface area (TPSA) is 71.8 Å². The summed E-state index contributed by atoms with van der Waals surface area (Å²) in [6, 6.07) is 1.37. The smallest absolute Gasteiger partial charge is 0.251 e. The molecule has 0 saturated heterocycles. The maximum Gasteiger partial charge on any atom is 0.251 e. The van der Waals surface area contributed by atoms with Gasteiger partial charge in [-0.2, -0.15) is 0 Å². The second-order valence-electron chi connectivity index (χ2n) is 7.30. The quantitative estimate of drug-likeness (QED) is 0.868. The molecule has 1 heterocycles. The van der Waals surface area contributed by atoms with E-state index in [0.29, 0.717) is 5.92 Å². The fraction of sp³-hybridized carbons (Fsp3) is 0.750. The summed E-state index contributed by atoms with van der Waals surface area (Å²) in [6.45, 7) is 1.89. The molecule has 1 aromatic rings. The van der Waals surface area contributed by atoms with Crippen molar-refractivity contribution in [2.45, 2.75) is 51.0 Å². The summed E-state index contributed by atoms with van der Waals surface area (Å²) in [6.07, 6.45) is 6.80. The van der Waals surface area contributed by atoms with Gasteiger partial charge in [0.25, 0.3) is 5.56 Å². The molecule has 20 heavy (non-hydrogen) atoms. The number of hydrogen-bond donors (Lipinski definition) is 2. The number of nitrogens with zero attached hydrogens (tertiary/aromatic N) is 1. The van der Waals surface area contributed by atoms with Crippen molar-refractivity contribution in [1.29, 1.82) is 0 Å². The molecule has 4 aliphatic rings. The van der Waals surface area contributed by atoms with Gasteiger partial charge in [-0.15, -0.1) is 0 Å². The summed E-state index contributed by atoms with van der Waals surface area (Å²) in [5.74, 6) is 4.73. The molecule has 4 aliphatic carbocycles. The molecule has 0 aliphatic heterocycles. The van der Waals surface area contributed by atoms with Crippen LogP contribution in [0.25, 0.3) is 0 Å². The van der Waals surface area contributed by atoms with E-state index >= 15 is 0 Å². The van der Waals surface area contributed by atoms with Gasteiger partial charge in [0.15, 0.2) is 0 Å². The highest BCUT2D eigenvalue weighted by Crippen LogP contribution is 2.59. The predicted octanol–water partition coefficient (Wildman–Crippen LogP) is 2.33. The molecule has 3 N–H and O–H groups in total. The molecule has 0 aromatic carbocycles. The summed E-state index contributed by atoms with van der Waals surface area (Å²) in [5, 5.41) is 0. The zero-order valence-corrected chi connectivity index (χ0v) is 12.0. The van der Waals surface area contributed by atoms with Crippen molar-refractivity contribution < 1.29 is 0 Å². The van der Waals surface area contributed by atoms with Gasteiger partial charge < -0.3 is 10.7 Å². The molecule has 0 spiro atoms. The minimum atomic E-state index is -0.173. The highest BCUT2D eigenvalue weighted by atomic mass is 16.1. The van der Waals surface area contributed by atoms with E-state index in [1.54, 1.807) is 6.07 Å². The van der Waals surface area contributed by atoms with E-state index in [2.05, 4.69) is 4.98 Å². The molecule has 1 aromatic heterocycles. The summed E-state index contributed by atoms with van der Waals surface area (Å²) >= 11 is 0. The van der Waals surface area contributed by atoms with E-state index in [1.165, 1.54) is 32.1 Å². The van der Waals surface area contributed by atoms with Gasteiger partial charge in [0.2, 0.25) is 0 Å². The average molecular weight is 273 g/mol. The molecule has 4 fully saturated rings. The Morgan fingerprint density at radius 1 is 1.20 bits per heavy atom. The monoisotopic (exact) mass is 273 g/mol. The fourth-order valence-electron chi connectivity index (χ4n) is 5.26. The zero-order chi connectivity index (χ0) is 13.9. The molecule has 4 bridgehead atoms. The summed E-state index contributed by atoms with van der Waals surface area (Å²) in [7, 11) is 0. The second kappa shape index (κ2) is 4.42. The van der Waals surface area contributed by atoms with Gasteiger partial charge in [-0.25, -0.2) is 4.98 Å². The first-order chi connectivity index (χ1) is 9.60. The summed E-state index contributed by atoms with van der Waals surface area (Å²) in [5.41, 5.74) is 6.60. The first-order valence-electron chi connectivity index (χ1n) is 7.97. The Bertz CT molecular complexity index is 549. The Morgan fingerprint density at radius 3 is 2.35 bits per heavy atom. The largest absolute Gasteiger partial charge is 0.323 e. The maximum atomic E-state index is 11.9. The minimum absolute atomic E-state index is 0.0453. The molecule has 5 rings (SSSR count). The van der Waals surface area contributed by atoms with E-state index in [1.807, 2.05) is 6.92 Å². The minimum Gasteiger partial charge on any atom is -0.323 e. The van der Waals surface area contributed by atoms with Crippen LogP contribution in [-0.2, 0) is 0 Å². The number of nitrogens with two attached hydrogens (primary N) is 1. The third-order valence-electron chi connectivity index (χ3n) is 5.79. The van der Waals surface area contributed by atoms with E-state index in [4.69, 9.17) is 10.7 Å². The molecule has 0 radical (unpaired) electrons. The van der Waals surface area contributed by atoms with Crippen molar-refractivity contribution >= 4 is 0 Å². The molecule has 1 unspecified atom stereocenters. The molecule has 1 atom stereocenters. The number of aromatic nitrogens is 2. The van der Waals surface area contributed by atoms with E-state index in [-0.39, 0.29) is 11.6 Å². The van der Waals surface area contributed by atoms with Gasteiger partial charge in [0.05, 0.1) is 5.69 Å². The number of nitrogens with one attached hydrogen (secondary N) is 1. The highest BCUT2D eigenvalue weighted by molar-refractivity contribution is 5.14. The van der Waals surface area contributed by atoms with Crippen LogP contribution in [0.4, 0.5) is 0 Å². The van der Waals surface area contributed by atoms with Crippen molar-refractivity contribution in [1.82, 2.24) is 9.97 Å². The first-order valence-corrected chi connectivity index (χ1v) is 7.97. The van der Waals surface area contributed by atoms with Gasteiger partial charge in [-0.1, -0.05) is 0 Å². The van der Waals surface area contributed by atoms with Gasteiger partial charge >= 0.3 is 0 Å². The van der Waals surface area contributed by atoms with Gasteiger partial charge in [0.1, 0.15) is 5.82 Å². The third kappa shape index (κ3) is 1.93. The van der Waals surface area contributed by atoms with E-state index < -0.39 is 0 Å². The van der Waals surface area contributed by atoms with Crippen molar-refractivity contribution in [2.75, 3.05) is 0 Å². The molecule has 4 saturated carbocycles. The van der Waals surface area contributed by atoms with Crippen LogP contribution >= 0.6 is 0 Å². The van der Waals surface area contributed by atoms with Gasteiger partial charge in [-0.05, 0) is 62.7 Å². The average Bonchev–Trinajstić information content (AvgIpc) is 2.36. The number of aromatic amines is 1. The number of rotatable bonds is 2. The molecule has 4 nitrogen and oxygen atoms in total. The Labute approximate surface area is 119 Å². The van der Waals surface area contributed by atoms with Crippen LogP contribution in [-0.4, -0.2) is 9.97 Å². The Morgan fingerprint density at radius 2 is 1.80 bits per heavy atom. The number of H-pyrrole nitrogens is 1. The molecular formula is C16H23N3O. The highest BCUT2D eigenvalue weighted by Gasteiger charge is 2.49. The number of hydrogen-bond acceptors (Lipinski definition) is 3. The maximum absolute atomic E-state index is 11.9. The van der Waals surface area contributed by atoms with Gasteiger partial charge in [0, 0.05) is 18.0 Å². The Hall–Kier alpha value is -1.16. The van der Waals surface area contributed by atoms with E-state index in [0.717, 1.165) is 35.2 Å². The lowest BCUT2D eigenvalue weighted by Gasteiger charge is -2.54. The second-order valence-corrected chi connectivity index (χ2v) is 7.30. The van der Waals surface area contributed by atoms with Crippen LogP contribution in [0.15, 0.2) is 10.9 Å². The van der Waals surface area contributed by atoms with Crippen LogP contribution in [0, 0.1) is 23.7 Å². The lowest BCUT2D eigenvalue weighted by molar-refractivity contribution is -0.00581. The third-order valence-corrected chi connectivity index (χ3v) is 5.79. The van der Waals surface area contributed by atoms with Crippen molar-refractivity contribution in [3.63, 3.8) is 0 Å². The van der Waals surface area contributed by atoms with Crippen LogP contribution in [0.1, 0.15) is 62.5 Å². The Balaban J connectivity index is 1.72. The van der Waals surface area contributed by atoms with Gasteiger partial charge in [-0.3, -0.25) is 4.79 Å². The summed E-state index contributed by atoms with van der Waals surface area (Å²) < 4.78 is 0. The lowest BCUT2D eigenvalue weighted by Crippen LogP contribution is -2.44. The Kier molecular flexibility index (Phi) is 2.78. The van der Waals surface area contributed by atoms with Crippen LogP contribution in [0.3, 0.4) is 0 Å². The summed E-state index contributed by atoms with van der Waals surface area (Å²) in [4.78, 5) is 19.6. The van der Waals surface area contributed by atoms with E-state index in [9.17, 15) is 4.79 Å². The van der Waals surface area contributed by atoms with Crippen LogP contribution < -0.4 is 11.3 Å². The lowest BCUT2D eigenvalue weighted by atomic mass is 9.51. The predicted molar refractivity (Wildman–Crippen MR) is 77.2 cm³/mol. The van der Waals surface area contributed by atoms with Crippen LogP contribution in [0.2, 0.25) is 0 Å². The van der Waals surface area contributed by atoms with Crippen LogP contribution in [0.5, 0.6) is 0 Å².